The largest absolute Gasteiger partial charge is 0.323 e. The lowest BCUT2D eigenvalue weighted by Gasteiger charge is -2.10. The molecule has 0 aliphatic carbocycles. The zero-order valence-corrected chi connectivity index (χ0v) is 16.3. The van der Waals surface area contributed by atoms with Crippen LogP contribution in [-0.2, 0) is 11.3 Å². The van der Waals surface area contributed by atoms with E-state index >= 15 is 0 Å². The van der Waals surface area contributed by atoms with Crippen LogP contribution < -0.4 is 10.7 Å². The summed E-state index contributed by atoms with van der Waals surface area (Å²) in [6, 6.07) is 17.1. The van der Waals surface area contributed by atoms with Gasteiger partial charge in [-0.1, -0.05) is 30.3 Å². The van der Waals surface area contributed by atoms with Gasteiger partial charge in [0, 0.05) is 11.8 Å². The molecule has 4 aromatic rings. The molecule has 4 rings (SSSR count). The van der Waals surface area contributed by atoms with Crippen molar-refractivity contribution in [3.63, 3.8) is 0 Å². The first-order valence-corrected chi connectivity index (χ1v) is 9.41. The number of aryl methyl sites for hydroxylation is 2. The summed E-state index contributed by atoms with van der Waals surface area (Å²) in [4.78, 5) is 24.5. The number of benzene rings is 2. The molecule has 1 N–H and O–H groups in total. The van der Waals surface area contributed by atoms with Gasteiger partial charge in [-0.05, 0) is 38.1 Å². The molecule has 146 valence electrons. The average Bonchev–Trinajstić information content (AvgIpc) is 3.02. The van der Waals surface area contributed by atoms with Gasteiger partial charge in [-0.25, -0.2) is 4.68 Å². The number of hydrogen-bond acceptors (Lipinski definition) is 4. The van der Waals surface area contributed by atoms with Crippen molar-refractivity contribution in [2.75, 3.05) is 5.32 Å². The van der Waals surface area contributed by atoms with Crippen molar-refractivity contribution in [3.8, 4) is 5.69 Å². The normalized spacial score (nSPS) is 11.0. The Morgan fingerprint density at radius 2 is 1.76 bits per heavy atom. The maximum atomic E-state index is 12.6. The molecule has 0 atom stereocenters. The van der Waals surface area contributed by atoms with Gasteiger partial charge in [-0.3, -0.25) is 14.3 Å². The molecule has 0 fully saturated rings. The van der Waals surface area contributed by atoms with Crippen LogP contribution in [0, 0.1) is 13.8 Å². The number of anilines is 1. The number of amides is 1. The van der Waals surface area contributed by atoms with Gasteiger partial charge in [0.25, 0.3) is 0 Å². The van der Waals surface area contributed by atoms with Gasteiger partial charge in [-0.2, -0.15) is 10.2 Å². The van der Waals surface area contributed by atoms with Gasteiger partial charge >= 0.3 is 0 Å². The Morgan fingerprint density at radius 1 is 1.03 bits per heavy atom. The van der Waals surface area contributed by atoms with E-state index in [9.17, 15) is 9.59 Å². The summed E-state index contributed by atoms with van der Waals surface area (Å²) in [5.41, 5.74) is 3.88. The maximum absolute atomic E-state index is 12.6. The van der Waals surface area contributed by atoms with Crippen LogP contribution in [0.15, 0.2) is 65.6 Å². The monoisotopic (exact) mass is 387 g/mol. The van der Waals surface area contributed by atoms with E-state index in [1.165, 1.54) is 6.20 Å². The SMILES string of the molecule is Cc1nn(-c2ccccc2)c(C)c1NC(=O)CCn1ncc(=O)c2ccccc21. The van der Waals surface area contributed by atoms with Crippen LogP contribution in [0.3, 0.4) is 0 Å². The Kier molecular flexibility index (Phi) is 4.95. The molecule has 29 heavy (non-hydrogen) atoms. The van der Waals surface area contributed by atoms with Gasteiger partial charge < -0.3 is 5.32 Å². The molecule has 0 unspecified atom stereocenters. The van der Waals surface area contributed by atoms with E-state index in [0.717, 1.165) is 28.3 Å². The third-order valence-electron chi connectivity index (χ3n) is 4.87. The third kappa shape index (κ3) is 3.67. The zero-order chi connectivity index (χ0) is 20.4. The second kappa shape index (κ2) is 7.71. The quantitative estimate of drug-likeness (QED) is 0.570. The molecule has 0 saturated heterocycles. The van der Waals surface area contributed by atoms with Gasteiger partial charge in [0.2, 0.25) is 11.3 Å². The first-order valence-electron chi connectivity index (χ1n) is 9.41. The standard InChI is InChI=1S/C22H21N5O2/c1-15-22(16(2)27(25-15)17-8-4-3-5-9-17)24-21(29)12-13-26-19-11-7-6-10-18(19)20(28)14-23-26/h3-11,14H,12-13H2,1-2H3,(H,24,29). The predicted molar refractivity (Wildman–Crippen MR) is 112 cm³/mol. The summed E-state index contributed by atoms with van der Waals surface area (Å²) in [5, 5.41) is 12.3. The molecule has 2 heterocycles. The second-order valence-corrected chi connectivity index (χ2v) is 6.84. The highest BCUT2D eigenvalue weighted by Gasteiger charge is 2.15. The lowest BCUT2D eigenvalue weighted by Crippen LogP contribution is -2.18. The molecule has 2 aromatic carbocycles. The Morgan fingerprint density at radius 3 is 2.55 bits per heavy atom. The van der Waals surface area contributed by atoms with Crippen LogP contribution >= 0.6 is 0 Å². The van der Waals surface area contributed by atoms with Crippen LogP contribution in [0.4, 0.5) is 5.69 Å². The van der Waals surface area contributed by atoms with Crippen molar-refractivity contribution in [3.05, 3.63) is 82.4 Å². The minimum Gasteiger partial charge on any atom is -0.323 e. The second-order valence-electron chi connectivity index (χ2n) is 6.84. The molecule has 0 saturated carbocycles. The fourth-order valence-corrected chi connectivity index (χ4v) is 3.39. The fraction of sp³-hybridized carbons (Fsp3) is 0.182. The summed E-state index contributed by atoms with van der Waals surface area (Å²) in [5.74, 6) is -0.131. The topological polar surface area (TPSA) is 81.8 Å². The van der Waals surface area contributed by atoms with Gasteiger partial charge in [0.1, 0.15) is 0 Å². The molecule has 1 amide bonds. The van der Waals surface area contributed by atoms with Crippen LogP contribution in [0.25, 0.3) is 16.6 Å². The van der Waals surface area contributed by atoms with E-state index in [4.69, 9.17) is 0 Å². The highest BCUT2D eigenvalue weighted by molar-refractivity contribution is 5.92. The number of aromatic nitrogens is 4. The minimum absolute atomic E-state index is 0.124. The Labute approximate surface area is 167 Å². The molecular formula is C22H21N5O2. The summed E-state index contributed by atoms with van der Waals surface area (Å²) >= 11 is 0. The smallest absolute Gasteiger partial charge is 0.226 e. The molecule has 0 radical (unpaired) electrons. The van der Waals surface area contributed by atoms with Gasteiger partial charge in [0.15, 0.2) is 0 Å². The Balaban J connectivity index is 1.51. The highest BCUT2D eigenvalue weighted by Crippen LogP contribution is 2.23. The maximum Gasteiger partial charge on any atom is 0.226 e. The van der Waals surface area contributed by atoms with Crippen molar-refractivity contribution in [2.24, 2.45) is 0 Å². The Bertz CT molecular complexity index is 1240. The van der Waals surface area contributed by atoms with Crippen molar-refractivity contribution in [2.45, 2.75) is 26.8 Å². The molecule has 0 aliphatic heterocycles. The average molecular weight is 387 g/mol. The number of fused-ring (bicyclic) bond motifs is 1. The number of rotatable bonds is 5. The molecular weight excluding hydrogens is 366 g/mol. The highest BCUT2D eigenvalue weighted by atomic mass is 16.1. The number of carbonyl (C=O) groups is 1. The summed E-state index contributed by atoms with van der Waals surface area (Å²) in [6.07, 6.45) is 1.52. The third-order valence-corrected chi connectivity index (χ3v) is 4.87. The number of nitrogens with zero attached hydrogens (tertiary/aromatic N) is 4. The van der Waals surface area contributed by atoms with E-state index < -0.39 is 0 Å². The number of para-hydroxylation sites is 2. The number of carbonyl (C=O) groups excluding carboxylic acids is 1. The molecule has 0 spiro atoms. The van der Waals surface area contributed by atoms with Crippen molar-refractivity contribution >= 4 is 22.5 Å². The predicted octanol–water partition coefficient (Wildman–Crippen LogP) is 3.23. The van der Waals surface area contributed by atoms with Gasteiger partial charge in [0.05, 0.1) is 41.0 Å². The zero-order valence-electron chi connectivity index (χ0n) is 16.3. The van der Waals surface area contributed by atoms with Crippen molar-refractivity contribution in [1.29, 1.82) is 0 Å². The molecule has 0 bridgehead atoms. The molecule has 7 nitrogen and oxygen atoms in total. The van der Waals surface area contributed by atoms with Gasteiger partial charge in [-0.15, -0.1) is 0 Å². The van der Waals surface area contributed by atoms with Crippen LogP contribution in [-0.4, -0.2) is 25.5 Å². The molecule has 7 heteroatoms. The lowest BCUT2D eigenvalue weighted by atomic mass is 10.2. The minimum atomic E-state index is -0.131. The Hall–Kier alpha value is -3.74. The first-order chi connectivity index (χ1) is 14.0. The lowest BCUT2D eigenvalue weighted by molar-refractivity contribution is -0.116. The summed E-state index contributed by atoms with van der Waals surface area (Å²) in [7, 11) is 0. The van der Waals surface area contributed by atoms with E-state index in [-0.39, 0.29) is 17.8 Å². The van der Waals surface area contributed by atoms with Crippen LogP contribution in [0.1, 0.15) is 17.8 Å². The van der Waals surface area contributed by atoms with Crippen LogP contribution in [0.5, 0.6) is 0 Å². The molecule has 2 aromatic heterocycles. The molecule has 0 aliphatic rings. The number of hydrogen-bond donors (Lipinski definition) is 1. The first kappa shape index (κ1) is 18.6. The van der Waals surface area contributed by atoms with Crippen molar-refractivity contribution < 1.29 is 4.79 Å². The number of nitrogens with one attached hydrogen (secondary N) is 1. The fourth-order valence-electron chi connectivity index (χ4n) is 3.39. The van der Waals surface area contributed by atoms with E-state index in [1.807, 2.05) is 67.1 Å². The van der Waals surface area contributed by atoms with E-state index in [2.05, 4.69) is 15.5 Å². The van der Waals surface area contributed by atoms with Crippen LogP contribution in [0.2, 0.25) is 0 Å². The summed E-state index contributed by atoms with van der Waals surface area (Å²) in [6.45, 7) is 4.18. The van der Waals surface area contributed by atoms with E-state index in [0.29, 0.717) is 11.9 Å². The van der Waals surface area contributed by atoms with E-state index in [1.54, 1.807) is 10.7 Å². The summed E-state index contributed by atoms with van der Waals surface area (Å²) < 4.78 is 3.51. The van der Waals surface area contributed by atoms with Crippen molar-refractivity contribution in [1.82, 2.24) is 19.6 Å².